The zero-order valence-electron chi connectivity index (χ0n) is 9.71. The summed E-state index contributed by atoms with van der Waals surface area (Å²) in [4.78, 5) is 0. The van der Waals surface area contributed by atoms with Gasteiger partial charge in [0, 0.05) is 25.9 Å². The average Bonchev–Trinajstić information content (AvgIpc) is 2.21. The van der Waals surface area contributed by atoms with Crippen LogP contribution < -0.4 is 11.1 Å². The lowest BCUT2D eigenvalue weighted by Crippen LogP contribution is -2.36. The maximum atomic E-state index is 5.83. The number of hydrogen-bond acceptors (Lipinski definition) is 3. The average molecular weight is 208 g/mol. The Morgan fingerprint density at radius 3 is 2.60 bits per heavy atom. The summed E-state index contributed by atoms with van der Waals surface area (Å²) in [5.41, 5.74) is 7.66. The second-order valence-corrected chi connectivity index (χ2v) is 4.27. The van der Waals surface area contributed by atoms with Crippen LogP contribution in [0, 0.1) is 0 Å². The van der Waals surface area contributed by atoms with Gasteiger partial charge in [0.1, 0.15) is 0 Å². The van der Waals surface area contributed by atoms with Crippen molar-refractivity contribution in [2.45, 2.75) is 26.0 Å². The third kappa shape index (κ3) is 3.90. The van der Waals surface area contributed by atoms with E-state index in [-0.39, 0.29) is 5.60 Å². The van der Waals surface area contributed by atoms with E-state index in [1.54, 1.807) is 7.11 Å². The van der Waals surface area contributed by atoms with Crippen LogP contribution in [-0.4, -0.2) is 19.3 Å². The summed E-state index contributed by atoms with van der Waals surface area (Å²) in [6.07, 6.45) is 0. The van der Waals surface area contributed by atoms with Crippen LogP contribution in [0.5, 0.6) is 0 Å². The molecule has 0 bridgehead atoms. The Labute approximate surface area is 91.6 Å². The van der Waals surface area contributed by atoms with Crippen molar-refractivity contribution < 1.29 is 4.74 Å². The highest BCUT2D eigenvalue weighted by molar-refractivity contribution is 5.46. The smallest absolute Gasteiger partial charge is 0.0746 e. The minimum absolute atomic E-state index is 0.135. The molecule has 0 radical (unpaired) electrons. The number of nitrogens with two attached hydrogens (primary N) is 1. The number of benzene rings is 1. The fourth-order valence-electron chi connectivity index (χ4n) is 1.27. The molecule has 0 atom stereocenters. The highest BCUT2D eigenvalue weighted by Gasteiger charge is 2.15. The lowest BCUT2D eigenvalue weighted by atomic mass is 10.1. The molecule has 0 aliphatic heterocycles. The molecule has 3 heteroatoms. The first-order valence-corrected chi connectivity index (χ1v) is 5.14. The Kier molecular flexibility index (Phi) is 4.12. The first-order chi connectivity index (χ1) is 7.05. The first kappa shape index (κ1) is 12.0. The Balaban J connectivity index is 2.42. The summed E-state index contributed by atoms with van der Waals surface area (Å²) in [5.74, 6) is 0. The fourth-order valence-corrected chi connectivity index (χ4v) is 1.27. The van der Waals surface area contributed by atoms with Crippen molar-refractivity contribution in [3.63, 3.8) is 0 Å². The molecule has 1 aromatic carbocycles. The molecule has 0 saturated heterocycles. The van der Waals surface area contributed by atoms with Gasteiger partial charge in [-0.2, -0.15) is 0 Å². The van der Waals surface area contributed by atoms with Gasteiger partial charge in [-0.25, -0.2) is 0 Å². The van der Waals surface area contributed by atoms with Crippen LogP contribution in [-0.2, 0) is 11.3 Å². The van der Waals surface area contributed by atoms with E-state index >= 15 is 0 Å². The summed E-state index contributed by atoms with van der Waals surface area (Å²) in [6.45, 7) is 5.68. The quantitative estimate of drug-likeness (QED) is 0.725. The van der Waals surface area contributed by atoms with Crippen molar-refractivity contribution in [1.29, 1.82) is 0 Å². The molecule has 1 rings (SSSR count). The molecule has 0 aromatic heterocycles. The topological polar surface area (TPSA) is 47.3 Å². The monoisotopic (exact) mass is 208 g/mol. The summed E-state index contributed by atoms with van der Waals surface area (Å²) >= 11 is 0. The lowest BCUT2D eigenvalue weighted by molar-refractivity contribution is 0.0231. The minimum Gasteiger partial charge on any atom is -0.398 e. The molecular weight excluding hydrogens is 188 g/mol. The van der Waals surface area contributed by atoms with Crippen molar-refractivity contribution in [3.05, 3.63) is 29.8 Å². The molecular formula is C12H20N2O. The number of anilines is 1. The van der Waals surface area contributed by atoms with Gasteiger partial charge in [0.25, 0.3) is 0 Å². The van der Waals surface area contributed by atoms with E-state index in [0.29, 0.717) is 0 Å². The second-order valence-electron chi connectivity index (χ2n) is 4.27. The van der Waals surface area contributed by atoms with E-state index in [1.165, 1.54) is 0 Å². The van der Waals surface area contributed by atoms with Gasteiger partial charge in [0.05, 0.1) is 5.60 Å². The van der Waals surface area contributed by atoms with Crippen molar-refractivity contribution in [2.75, 3.05) is 19.4 Å². The zero-order valence-corrected chi connectivity index (χ0v) is 9.71. The Hall–Kier alpha value is -1.06. The zero-order chi connectivity index (χ0) is 11.3. The number of ether oxygens (including phenoxy) is 1. The van der Waals surface area contributed by atoms with Gasteiger partial charge in [-0.05, 0) is 25.5 Å². The highest BCUT2D eigenvalue weighted by Crippen LogP contribution is 2.11. The minimum atomic E-state index is -0.135. The molecule has 0 fully saturated rings. The van der Waals surface area contributed by atoms with Gasteiger partial charge in [-0.3, -0.25) is 0 Å². The number of nitrogens with one attached hydrogen (secondary N) is 1. The van der Waals surface area contributed by atoms with Gasteiger partial charge in [0.15, 0.2) is 0 Å². The van der Waals surface area contributed by atoms with Gasteiger partial charge < -0.3 is 15.8 Å². The van der Waals surface area contributed by atoms with Crippen LogP contribution >= 0.6 is 0 Å². The third-order valence-corrected chi connectivity index (χ3v) is 2.47. The number of para-hydroxylation sites is 1. The SMILES string of the molecule is COC(C)(C)CNCc1ccccc1N. The number of nitrogen functional groups attached to an aromatic ring is 1. The molecule has 0 spiro atoms. The largest absolute Gasteiger partial charge is 0.398 e. The molecule has 0 saturated carbocycles. The highest BCUT2D eigenvalue weighted by atomic mass is 16.5. The molecule has 0 aliphatic carbocycles. The number of rotatable bonds is 5. The van der Waals surface area contributed by atoms with E-state index < -0.39 is 0 Å². The van der Waals surface area contributed by atoms with Crippen LogP contribution in [0.3, 0.4) is 0 Å². The van der Waals surface area contributed by atoms with E-state index in [4.69, 9.17) is 10.5 Å². The third-order valence-electron chi connectivity index (χ3n) is 2.47. The molecule has 0 aliphatic rings. The molecule has 0 heterocycles. The molecule has 15 heavy (non-hydrogen) atoms. The second kappa shape index (κ2) is 5.14. The number of methoxy groups -OCH3 is 1. The molecule has 3 N–H and O–H groups in total. The van der Waals surface area contributed by atoms with Crippen molar-refractivity contribution in [2.24, 2.45) is 0 Å². The van der Waals surface area contributed by atoms with Crippen molar-refractivity contribution in [3.8, 4) is 0 Å². The van der Waals surface area contributed by atoms with E-state index in [9.17, 15) is 0 Å². The fraction of sp³-hybridized carbons (Fsp3) is 0.500. The maximum Gasteiger partial charge on any atom is 0.0746 e. The first-order valence-electron chi connectivity index (χ1n) is 5.14. The predicted octanol–water partition coefficient (Wildman–Crippen LogP) is 1.78. The van der Waals surface area contributed by atoms with Crippen LogP contribution in [0.25, 0.3) is 0 Å². The lowest BCUT2D eigenvalue weighted by Gasteiger charge is -2.23. The van der Waals surface area contributed by atoms with E-state index in [2.05, 4.69) is 5.32 Å². The van der Waals surface area contributed by atoms with Gasteiger partial charge in [0.2, 0.25) is 0 Å². The Morgan fingerprint density at radius 2 is 2.00 bits per heavy atom. The molecule has 0 amide bonds. The van der Waals surface area contributed by atoms with Crippen LogP contribution in [0.15, 0.2) is 24.3 Å². The maximum absolute atomic E-state index is 5.83. The van der Waals surface area contributed by atoms with Crippen molar-refractivity contribution >= 4 is 5.69 Å². The van der Waals surface area contributed by atoms with Crippen LogP contribution in [0.4, 0.5) is 5.69 Å². The summed E-state index contributed by atoms with van der Waals surface area (Å²) in [7, 11) is 1.72. The molecule has 1 aromatic rings. The van der Waals surface area contributed by atoms with Crippen LogP contribution in [0.2, 0.25) is 0 Å². The Morgan fingerprint density at radius 1 is 1.33 bits per heavy atom. The summed E-state index contributed by atoms with van der Waals surface area (Å²) in [6, 6.07) is 7.88. The van der Waals surface area contributed by atoms with Gasteiger partial charge in [-0.1, -0.05) is 18.2 Å². The molecule has 0 unspecified atom stereocenters. The predicted molar refractivity (Wildman–Crippen MR) is 63.6 cm³/mol. The number of hydrogen-bond donors (Lipinski definition) is 2. The van der Waals surface area contributed by atoms with Gasteiger partial charge in [-0.15, -0.1) is 0 Å². The summed E-state index contributed by atoms with van der Waals surface area (Å²) in [5, 5.41) is 3.33. The Bertz CT molecular complexity index is 310. The molecule has 84 valence electrons. The van der Waals surface area contributed by atoms with E-state index in [1.807, 2.05) is 38.1 Å². The van der Waals surface area contributed by atoms with Crippen molar-refractivity contribution in [1.82, 2.24) is 5.32 Å². The standard InChI is InChI=1S/C12H20N2O/c1-12(2,15-3)9-14-8-10-6-4-5-7-11(10)13/h4-7,14H,8-9,13H2,1-3H3. The normalized spacial score (nSPS) is 11.7. The summed E-state index contributed by atoms with van der Waals surface area (Å²) < 4.78 is 5.31. The van der Waals surface area contributed by atoms with E-state index in [0.717, 1.165) is 24.3 Å². The molecule has 3 nitrogen and oxygen atoms in total. The van der Waals surface area contributed by atoms with Crippen LogP contribution in [0.1, 0.15) is 19.4 Å². The van der Waals surface area contributed by atoms with Gasteiger partial charge >= 0.3 is 0 Å².